The second-order valence-electron chi connectivity index (χ2n) is 5.10. The second kappa shape index (κ2) is 5.35. The Morgan fingerprint density at radius 1 is 1.35 bits per heavy atom. The van der Waals surface area contributed by atoms with Crippen molar-refractivity contribution in [3.05, 3.63) is 53.6 Å². The van der Waals surface area contributed by atoms with Gasteiger partial charge in [0.15, 0.2) is 0 Å². The summed E-state index contributed by atoms with van der Waals surface area (Å²) in [6.45, 7) is 6.65. The van der Waals surface area contributed by atoms with Crippen LogP contribution in [0.15, 0.2) is 42.5 Å². The molecule has 0 nitrogen and oxygen atoms in total. The largest absolute Gasteiger partial charge is 0.0914 e. The summed E-state index contributed by atoms with van der Waals surface area (Å²) in [6, 6.07) is 8.89. The first kappa shape index (κ1) is 12.2. The predicted octanol–water partition coefficient (Wildman–Crippen LogP) is 5.18. The fourth-order valence-corrected chi connectivity index (χ4v) is 2.43. The third-order valence-electron chi connectivity index (χ3n) is 3.69. The third-order valence-corrected chi connectivity index (χ3v) is 3.69. The fourth-order valence-electron chi connectivity index (χ4n) is 2.43. The molecule has 0 heteroatoms. The first-order valence-corrected chi connectivity index (χ1v) is 6.61. The first-order valence-electron chi connectivity index (χ1n) is 6.61. The van der Waals surface area contributed by atoms with Gasteiger partial charge in [-0.25, -0.2) is 0 Å². The molecule has 0 aliphatic heterocycles. The average Bonchev–Trinajstić information content (AvgIpc) is 3.06. The molecule has 0 bridgehead atoms. The van der Waals surface area contributed by atoms with Gasteiger partial charge in [-0.1, -0.05) is 49.4 Å². The summed E-state index contributed by atoms with van der Waals surface area (Å²) in [6.07, 6.45) is 9.03. The van der Waals surface area contributed by atoms with E-state index in [9.17, 15) is 0 Å². The van der Waals surface area contributed by atoms with E-state index in [0.29, 0.717) is 0 Å². The van der Waals surface area contributed by atoms with Crippen LogP contribution in [-0.4, -0.2) is 0 Å². The van der Waals surface area contributed by atoms with Crippen LogP contribution in [0, 0.1) is 5.92 Å². The molecule has 0 saturated heterocycles. The Labute approximate surface area is 105 Å². The van der Waals surface area contributed by atoms with Crippen molar-refractivity contribution in [2.75, 3.05) is 0 Å². The van der Waals surface area contributed by atoms with E-state index in [4.69, 9.17) is 0 Å². The van der Waals surface area contributed by atoms with E-state index in [0.717, 1.165) is 18.3 Å². The molecule has 2 unspecified atom stereocenters. The van der Waals surface area contributed by atoms with Crippen molar-refractivity contribution in [1.82, 2.24) is 0 Å². The number of hydrogen-bond acceptors (Lipinski definition) is 0. The Bertz CT molecular complexity index is 437. The number of rotatable bonds is 4. The normalized spacial score (nSPS) is 24.3. The Hall–Kier alpha value is -1.30. The van der Waals surface area contributed by atoms with Gasteiger partial charge in [0.05, 0.1) is 0 Å². The summed E-state index contributed by atoms with van der Waals surface area (Å²) in [5.41, 5.74) is 4.42. The maximum atomic E-state index is 2.35. The van der Waals surface area contributed by atoms with E-state index in [1.54, 1.807) is 5.56 Å². The summed E-state index contributed by atoms with van der Waals surface area (Å²) >= 11 is 0. The molecule has 90 valence electrons. The molecule has 2 atom stereocenters. The van der Waals surface area contributed by atoms with Gasteiger partial charge >= 0.3 is 0 Å². The van der Waals surface area contributed by atoms with Gasteiger partial charge in [0.1, 0.15) is 0 Å². The zero-order chi connectivity index (χ0) is 12.3. The van der Waals surface area contributed by atoms with Crippen molar-refractivity contribution in [3.8, 4) is 0 Å². The topological polar surface area (TPSA) is 0 Å². The molecule has 1 saturated carbocycles. The Morgan fingerprint density at radius 2 is 2.06 bits per heavy atom. The monoisotopic (exact) mass is 226 g/mol. The molecule has 0 spiro atoms. The zero-order valence-electron chi connectivity index (χ0n) is 11.1. The Balaban J connectivity index is 2.22. The van der Waals surface area contributed by atoms with E-state index in [1.807, 2.05) is 0 Å². The fraction of sp³-hybridized carbons (Fsp3) is 0.412. The SMILES string of the molecule is CC=CCC=C(C)c1ccccc1C1CC1C. The maximum Gasteiger partial charge on any atom is -0.0127 e. The quantitative estimate of drug-likeness (QED) is 0.620. The standard InChI is InChI=1S/C17H22/c1-4-5-6-9-13(2)15-10-7-8-11-16(15)17-12-14(17)3/h4-5,7-11,14,17H,6,12H2,1-3H3. The highest BCUT2D eigenvalue weighted by molar-refractivity contribution is 5.67. The van der Waals surface area contributed by atoms with Crippen molar-refractivity contribution in [2.45, 2.75) is 39.5 Å². The third kappa shape index (κ3) is 2.88. The number of allylic oxidation sites excluding steroid dienone is 4. The molecule has 0 radical (unpaired) electrons. The molecule has 0 aromatic heterocycles. The van der Waals surface area contributed by atoms with Crippen LogP contribution in [0.1, 0.15) is 50.7 Å². The van der Waals surface area contributed by atoms with Gasteiger partial charge in [-0.3, -0.25) is 0 Å². The van der Waals surface area contributed by atoms with E-state index in [-0.39, 0.29) is 0 Å². The minimum atomic E-state index is 0.802. The zero-order valence-corrected chi connectivity index (χ0v) is 11.1. The summed E-state index contributed by atoms with van der Waals surface area (Å²) in [4.78, 5) is 0. The number of benzene rings is 1. The highest BCUT2D eigenvalue weighted by Crippen LogP contribution is 2.48. The number of hydrogen-bond donors (Lipinski definition) is 0. The van der Waals surface area contributed by atoms with Gasteiger partial charge in [0.2, 0.25) is 0 Å². The van der Waals surface area contributed by atoms with Gasteiger partial charge in [-0.05, 0) is 55.2 Å². The van der Waals surface area contributed by atoms with Crippen LogP contribution in [0.4, 0.5) is 0 Å². The lowest BCUT2D eigenvalue weighted by molar-refractivity contribution is 0.912. The molecule has 1 aromatic rings. The lowest BCUT2D eigenvalue weighted by Crippen LogP contribution is -1.90. The van der Waals surface area contributed by atoms with Crippen LogP contribution in [0.2, 0.25) is 0 Å². The van der Waals surface area contributed by atoms with E-state index in [1.165, 1.54) is 17.6 Å². The molecule has 17 heavy (non-hydrogen) atoms. The van der Waals surface area contributed by atoms with Crippen molar-refractivity contribution >= 4 is 5.57 Å². The average molecular weight is 226 g/mol. The summed E-state index contributed by atoms with van der Waals surface area (Å²) in [7, 11) is 0. The molecule has 1 fully saturated rings. The maximum absolute atomic E-state index is 2.35. The second-order valence-corrected chi connectivity index (χ2v) is 5.10. The van der Waals surface area contributed by atoms with Crippen molar-refractivity contribution in [1.29, 1.82) is 0 Å². The van der Waals surface area contributed by atoms with Crippen molar-refractivity contribution in [3.63, 3.8) is 0 Å². The minimum Gasteiger partial charge on any atom is -0.0914 e. The highest BCUT2D eigenvalue weighted by Gasteiger charge is 2.35. The van der Waals surface area contributed by atoms with E-state index in [2.05, 4.69) is 63.3 Å². The molecule has 2 rings (SSSR count). The lowest BCUT2D eigenvalue weighted by atomic mass is 9.96. The van der Waals surface area contributed by atoms with Crippen molar-refractivity contribution < 1.29 is 0 Å². The molecule has 0 amide bonds. The van der Waals surface area contributed by atoms with Gasteiger partial charge < -0.3 is 0 Å². The highest BCUT2D eigenvalue weighted by atomic mass is 14.4. The molecule has 0 heterocycles. The molecule has 0 N–H and O–H groups in total. The van der Waals surface area contributed by atoms with Gasteiger partial charge in [-0.15, -0.1) is 0 Å². The van der Waals surface area contributed by atoms with E-state index < -0.39 is 0 Å². The molecular weight excluding hydrogens is 204 g/mol. The van der Waals surface area contributed by atoms with Gasteiger partial charge in [-0.2, -0.15) is 0 Å². The van der Waals surface area contributed by atoms with Crippen LogP contribution in [-0.2, 0) is 0 Å². The van der Waals surface area contributed by atoms with Crippen LogP contribution in [0.25, 0.3) is 5.57 Å². The van der Waals surface area contributed by atoms with Crippen molar-refractivity contribution in [2.24, 2.45) is 5.92 Å². The minimum absolute atomic E-state index is 0.802. The Kier molecular flexibility index (Phi) is 3.83. The van der Waals surface area contributed by atoms with Gasteiger partial charge in [0.25, 0.3) is 0 Å². The lowest BCUT2D eigenvalue weighted by Gasteiger charge is -2.09. The predicted molar refractivity (Wildman–Crippen MR) is 76.0 cm³/mol. The Morgan fingerprint density at radius 3 is 2.71 bits per heavy atom. The molecule has 1 aliphatic rings. The van der Waals surface area contributed by atoms with E-state index >= 15 is 0 Å². The molecule has 1 aromatic carbocycles. The first-order chi connectivity index (χ1) is 8.24. The summed E-state index contributed by atoms with van der Waals surface area (Å²) in [5, 5.41) is 0. The van der Waals surface area contributed by atoms with Crippen LogP contribution < -0.4 is 0 Å². The van der Waals surface area contributed by atoms with Crippen LogP contribution in [0.5, 0.6) is 0 Å². The summed E-state index contributed by atoms with van der Waals surface area (Å²) < 4.78 is 0. The van der Waals surface area contributed by atoms with Crippen LogP contribution in [0.3, 0.4) is 0 Å². The smallest absolute Gasteiger partial charge is 0.0127 e. The van der Waals surface area contributed by atoms with Crippen LogP contribution >= 0.6 is 0 Å². The molecule has 1 aliphatic carbocycles. The molecular formula is C17H22. The van der Waals surface area contributed by atoms with Gasteiger partial charge in [0, 0.05) is 0 Å². The summed E-state index contributed by atoms with van der Waals surface area (Å²) in [5.74, 6) is 1.68.